The predicted octanol–water partition coefficient (Wildman–Crippen LogP) is 3.38. The molecule has 1 N–H and O–H groups in total. The van der Waals surface area contributed by atoms with Gasteiger partial charge in [0.15, 0.2) is 0 Å². The summed E-state index contributed by atoms with van der Waals surface area (Å²) < 4.78 is 11.6. The van der Waals surface area contributed by atoms with E-state index in [2.05, 4.69) is 19.2 Å². The van der Waals surface area contributed by atoms with Crippen LogP contribution in [0.25, 0.3) is 0 Å². The number of rotatable bonds is 10. The Labute approximate surface area is 119 Å². The zero-order valence-corrected chi connectivity index (χ0v) is 13.2. The van der Waals surface area contributed by atoms with Crippen molar-refractivity contribution in [1.82, 2.24) is 5.32 Å². The normalized spacial score (nSPS) is 27.6. The Balaban J connectivity index is 2.38. The Kier molecular flexibility index (Phi) is 8.67. The highest BCUT2D eigenvalue weighted by Gasteiger charge is 2.35. The molecule has 1 fully saturated rings. The van der Waals surface area contributed by atoms with Gasteiger partial charge in [-0.25, -0.2) is 0 Å². The van der Waals surface area contributed by atoms with Crippen LogP contribution in [-0.4, -0.2) is 38.5 Å². The lowest BCUT2D eigenvalue weighted by atomic mass is 9.77. The van der Waals surface area contributed by atoms with Crippen LogP contribution in [-0.2, 0) is 9.47 Å². The van der Waals surface area contributed by atoms with Crippen molar-refractivity contribution >= 4 is 0 Å². The van der Waals surface area contributed by atoms with Crippen molar-refractivity contribution < 1.29 is 9.47 Å². The number of hydrogen-bond donors (Lipinski definition) is 1. The van der Waals surface area contributed by atoms with Gasteiger partial charge in [0.25, 0.3) is 0 Å². The van der Waals surface area contributed by atoms with Crippen LogP contribution in [0.3, 0.4) is 0 Å². The van der Waals surface area contributed by atoms with Gasteiger partial charge in [0.2, 0.25) is 0 Å². The monoisotopic (exact) mass is 271 g/mol. The third kappa shape index (κ3) is 6.24. The highest BCUT2D eigenvalue weighted by molar-refractivity contribution is 4.89. The molecule has 1 saturated carbocycles. The molecular formula is C16H33NO2. The van der Waals surface area contributed by atoms with Crippen molar-refractivity contribution in [3.8, 4) is 0 Å². The summed E-state index contributed by atoms with van der Waals surface area (Å²) in [6.45, 7) is 10.7. The van der Waals surface area contributed by atoms with Gasteiger partial charge in [0.1, 0.15) is 0 Å². The Hall–Kier alpha value is -0.120. The zero-order valence-electron chi connectivity index (χ0n) is 13.2. The average molecular weight is 271 g/mol. The van der Waals surface area contributed by atoms with Gasteiger partial charge in [-0.05, 0) is 45.1 Å². The fraction of sp³-hybridized carbons (Fsp3) is 1.00. The van der Waals surface area contributed by atoms with Crippen LogP contribution >= 0.6 is 0 Å². The van der Waals surface area contributed by atoms with Crippen LogP contribution in [0.2, 0.25) is 0 Å². The molecule has 3 nitrogen and oxygen atoms in total. The highest BCUT2D eigenvalue weighted by Crippen LogP contribution is 2.36. The van der Waals surface area contributed by atoms with Crippen molar-refractivity contribution in [1.29, 1.82) is 0 Å². The Morgan fingerprint density at radius 1 is 1.11 bits per heavy atom. The summed E-state index contributed by atoms with van der Waals surface area (Å²) in [5.41, 5.74) is 0.0668. The smallest absolute Gasteiger partial charge is 0.0807 e. The summed E-state index contributed by atoms with van der Waals surface area (Å²) >= 11 is 0. The molecule has 0 aliphatic heterocycles. The van der Waals surface area contributed by atoms with Crippen LogP contribution in [0.4, 0.5) is 0 Å². The number of likely N-dealkylation sites (N-methyl/N-ethyl adjacent to an activating group) is 1. The minimum absolute atomic E-state index is 0.0668. The van der Waals surface area contributed by atoms with Gasteiger partial charge in [0, 0.05) is 13.2 Å². The molecule has 0 spiro atoms. The fourth-order valence-corrected chi connectivity index (χ4v) is 3.09. The second kappa shape index (κ2) is 9.73. The van der Waals surface area contributed by atoms with Crippen LogP contribution in [0, 0.1) is 5.92 Å². The second-order valence-electron chi connectivity index (χ2n) is 5.74. The SMILES string of the molecule is CCCC1CCC(CNCC)(OCCOCC)CC1. The largest absolute Gasteiger partial charge is 0.379 e. The van der Waals surface area contributed by atoms with Crippen molar-refractivity contribution in [3.05, 3.63) is 0 Å². The summed E-state index contributed by atoms with van der Waals surface area (Å²) in [5.74, 6) is 0.926. The van der Waals surface area contributed by atoms with Crippen LogP contribution in [0.15, 0.2) is 0 Å². The Morgan fingerprint density at radius 3 is 2.42 bits per heavy atom. The number of hydrogen-bond acceptors (Lipinski definition) is 3. The Morgan fingerprint density at radius 2 is 1.84 bits per heavy atom. The maximum Gasteiger partial charge on any atom is 0.0807 e. The van der Waals surface area contributed by atoms with E-state index in [4.69, 9.17) is 9.47 Å². The quantitative estimate of drug-likeness (QED) is 0.618. The fourth-order valence-electron chi connectivity index (χ4n) is 3.09. The van der Waals surface area contributed by atoms with Gasteiger partial charge < -0.3 is 14.8 Å². The summed E-state index contributed by atoms with van der Waals surface area (Å²) in [4.78, 5) is 0. The van der Waals surface area contributed by atoms with E-state index >= 15 is 0 Å². The first-order chi connectivity index (χ1) is 9.26. The first kappa shape index (κ1) is 16.9. The van der Waals surface area contributed by atoms with Crippen LogP contribution < -0.4 is 5.32 Å². The van der Waals surface area contributed by atoms with Gasteiger partial charge in [-0.2, -0.15) is 0 Å². The molecule has 19 heavy (non-hydrogen) atoms. The van der Waals surface area contributed by atoms with E-state index in [0.29, 0.717) is 0 Å². The lowest BCUT2D eigenvalue weighted by Crippen LogP contribution is -2.46. The van der Waals surface area contributed by atoms with Crippen molar-refractivity contribution in [2.75, 3.05) is 32.9 Å². The van der Waals surface area contributed by atoms with E-state index in [9.17, 15) is 0 Å². The Bertz CT molecular complexity index is 207. The molecule has 0 unspecified atom stereocenters. The standard InChI is InChI=1S/C16H33NO2/c1-4-7-15-8-10-16(11-9-15,14-17-5-2)19-13-12-18-6-3/h15,17H,4-14H2,1-3H3. The second-order valence-corrected chi connectivity index (χ2v) is 5.74. The zero-order chi connectivity index (χ0) is 14.0. The first-order valence-corrected chi connectivity index (χ1v) is 8.18. The maximum atomic E-state index is 6.21. The molecule has 0 saturated heterocycles. The molecule has 1 aliphatic rings. The lowest BCUT2D eigenvalue weighted by Gasteiger charge is -2.40. The van der Waals surface area contributed by atoms with E-state index in [1.165, 1.54) is 38.5 Å². The van der Waals surface area contributed by atoms with Gasteiger partial charge >= 0.3 is 0 Å². The number of nitrogens with one attached hydrogen (secondary N) is 1. The number of ether oxygens (including phenoxy) is 2. The molecule has 0 radical (unpaired) electrons. The summed E-state index contributed by atoms with van der Waals surface area (Å²) in [6, 6.07) is 0. The molecular weight excluding hydrogens is 238 g/mol. The van der Waals surface area contributed by atoms with E-state index in [0.717, 1.165) is 38.8 Å². The van der Waals surface area contributed by atoms with Gasteiger partial charge in [-0.3, -0.25) is 0 Å². The first-order valence-electron chi connectivity index (χ1n) is 8.18. The molecule has 3 heteroatoms. The minimum Gasteiger partial charge on any atom is -0.379 e. The molecule has 0 aromatic rings. The molecule has 114 valence electrons. The molecule has 0 heterocycles. The van der Waals surface area contributed by atoms with Crippen molar-refractivity contribution in [3.63, 3.8) is 0 Å². The van der Waals surface area contributed by atoms with E-state index < -0.39 is 0 Å². The lowest BCUT2D eigenvalue weighted by molar-refractivity contribution is -0.0921. The van der Waals surface area contributed by atoms with Gasteiger partial charge in [-0.15, -0.1) is 0 Å². The third-order valence-electron chi connectivity index (χ3n) is 4.25. The van der Waals surface area contributed by atoms with Gasteiger partial charge in [-0.1, -0.05) is 26.7 Å². The van der Waals surface area contributed by atoms with Gasteiger partial charge in [0.05, 0.1) is 18.8 Å². The van der Waals surface area contributed by atoms with Crippen molar-refractivity contribution in [2.45, 2.75) is 64.9 Å². The molecule has 0 aromatic heterocycles. The average Bonchev–Trinajstić information content (AvgIpc) is 2.44. The van der Waals surface area contributed by atoms with Crippen LogP contribution in [0.5, 0.6) is 0 Å². The molecule has 1 rings (SSSR count). The predicted molar refractivity (Wildman–Crippen MR) is 80.6 cm³/mol. The van der Waals surface area contributed by atoms with E-state index in [1.807, 2.05) is 6.92 Å². The van der Waals surface area contributed by atoms with Crippen molar-refractivity contribution in [2.24, 2.45) is 5.92 Å². The summed E-state index contributed by atoms with van der Waals surface area (Å²) in [7, 11) is 0. The molecule has 0 aromatic carbocycles. The van der Waals surface area contributed by atoms with Crippen LogP contribution in [0.1, 0.15) is 59.3 Å². The molecule has 0 bridgehead atoms. The third-order valence-corrected chi connectivity index (χ3v) is 4.25. The van der Waals surface area contributed by atoms with E-state index in [-0.39, 0.29) is 5.60 Å². The maximum absolute atomic E-state index is 6.21. The molecule has 0 atom stereocenters. The minimum atomic E-state index is 0.0668. The highest BCUT2D eigenvalue weighted by atomic mass is 16.5. The van der Waals surface area contributed by atoms with E-state index in [1.54, 1.807) is 0 Å². The molecule has 0 amide bonds. The summed E-state index contributed by atoms with van der Waals surface area (Å²) in [5, 5.41) is 3.48. The molecule has 1 aliphatic carbocycles. The summed E-state index contributed by atoms with van der Waals surface area (Å²) in [6.07, 6.45) is 7.77. The topological polar surface area (TPSA) is 30.5 Å².